The average molecular weight is 407 g/mol. The molecule has 0 saturated carbocycles. The predicted octanol–water partition coefficient (Wildman–Crippen LogP) is 4.19. The van der Waals surface area contributed by atoms with Crippen molar-refractivity contribution in [1.82, 2.24) is 4.90 Å². The fourth-order valence-electron chi connectivity index (χ4n) is 5.09. The zero-order valence-electron chi connectivity index (χ0n) is 17.7. The highest BCUT2D eigenvalue weighted by Crippen LogP contribution is 2.46. The Bertz CT molecular complexity index is 1190. The summed E-state index contributed by atoms with van der Waals surface area (Å²) in [6.45, 7) is 1.70. The normalized spacial score (nSPS) is 18.4. The fraction of sp³-hybridized carbons (Fsp3) is 0.375. The Balaban J connectivity index is 1.95. The quantitative estimate of drug-likeness (QED) is 0.605. The summed E-state index contributed by atoms with van der Waals surface area (Å²) in [5.41, 5.74) is 1.85. The Morgan fingerprint density at radius 1 is 0.767 bits per heavy atom. The Hall–Kier alpha value is -2.99. The Morgan fingerprint density at radius 2 is 1.27 bits per heavy atom. The lowest BCUT2D eigenvalue weighted by Gasteiger charge is -2.32. The predicted molar refractivity (Wildman–Crippen MR) is 115 cm³/mol. The van der Waals surface area contributed by atoms with Crippen LogP contribution >= 0.6 is 0 Å². The maximum absolute atomic E-state index is 13.6. The SMILES string of the molecule is COc1cc2c3c(c4cc(OC)c(OC)cc4c2cc1OC)C(=O)[C@@H]1CCCN1C3. The van der Waals surface area contributed by atoms with E-state index in [0.29, 0.717) is 23.0 Å². The monoisotopic (exact) mass is 407 g/mol. The minimum Gasteiger partial charge on any atom is -0.493 e. The number of methoxy groups -OCH3 is 4. The van der Waals surface area contributed by atoms with Crippen molar-refractivity contribution in [3.05, 3.63) is 35.4 Å². The smallest absolute Gasteiger partial charge is 0.180 e. The molecule has 1 fully saturated rings. The van der Waals surface area contributed by atoms with Crippen LogP contribution in [0.5, 0.6) is 23.0 Å². The van der Waals surface area contributed by atoms with Crippen LogP contribution < -0.4 is 18.9 Å². The maximum atomic E-state index is 13.6. The first-order valence-corrected chi connectivity index (χ1v) is 10.2. The largest absolute Gasteiger partial charge is 0.493 e. The highest BCUT2D eigenvalue weighted by Gasteiger charge is 2.39. The van der Waals surface area contributed by atoms with E-state index in [-0.39, 0.29) is 11.8 Å². The fourth-order valence-corrected chi connectivity index (χ4v) is 5.09. The third-order valence-electron chi connectivity index (χ3n) is 6.51. The second kappa shape index (κ2) is 7.06. The van der Waals surface area contributed by atoms with Gasteiger partial charge in [0.25, 0.3) is 0 Å². The van der Waals surface area contributed by atoms with Gasteiger partial charge in [0, 0.05) is 12.1 Å². The molecule has 1 saturated heterocycles. The van der Waals surface area contributed by atoms with E-state index in [9.17, 15) is 4.79 Å². The van der Waals surface area contributed by atoms with Crippen LogP contribution in [0.3, 0.4) is 0 Å². The van der Waals surface area contributed by atoms with Crippen molar-refractivity contribution < 1.29 is 23.7 Å². The molecular formula is C24H25NO5. The van der Waals surface area contributed by atoms with Gasteiger partial charge in [-0.2, -0.15) is 0 Å². The highest BCUT2D eigenvalue weighted by molar-refractivity contribution is 6.22. The second-order valence-corrected chi connectivity index (χ2v) is 7.85. The summed E-state index contributed by atoms with van der Waals surface area (Å²) in [4.78, 5) is 15.9. The molecule has 30 heavy (non-hydrogen) atoms. The first-order chi connectivity index (χ1) is 14.6. The molecule has 0 radical (unpaired) electrons. The molecule has 0 amide bonds. The average Bonchev–Trinajstić information content (AvgIpc) is 3.26. The van der Waals surface area contributed by atoms with Crippen LogP contribution in [0.4, 0.5) is 0 Å². The molecule has 2 heterocycles. The van der Waals surface area contributed by atoms with Gasteiger partial charge in [-0.15, -0.1) is 0 Å². The van der Waals surface area contributed by atoms with Crippen molar-refractivity contribution in [2.75, 3.05) is 35.0 Å². The highest BCUT2D eigenvalue weighted by atomic mass is 16.5. The molecule has 0 unspecified atom stereocenters. The standard InChI is InChI=1S/C24H25NO5/c1-27-19-8-13-14-9-20(28-2)22(30-4)11-16(14)23-17(15(13)10-21(19)29-3)12-25-7-5-6-18(25)24(23)26/h8-11,18H,5-7,12H2,1-4H3/t18-/m0/s1. The number of nitrogens with zero attached hydrogens (tertiary/aromatic N) is 1. The van der Waals surface area contributed by atoms with Crippen LogP contribution in [0, 0.1) is 0 Å². The number of carbonyl (C=O) groups excluding carboxylic acids is 1. The summed E-state index contributed by atoms with van der Waals surface area (Å²) >= 11 is 0. The molecule has 6 heteroatoms. The zero-order valence-corrected chi connectivity index (χ0v) is 17.7. The Kier molecular flexibility index (Phi) is 4.47. The van der Waals surface area contributed by atoms with E-state index in [4.69, 9.17) is 18.9 Å². The molecule has 3 aromatic carbocycles. The number of rotatable bonds is 4. The molecule has 0 N–H and O–H groups in total. The van der Waals surface area contributed by atoms with Crippen molar-refractivity contribution in [2.45, 2.75) is 25.4 Å². The van der Waals surface area contributed by atoms with Crippen LogP contribution in [0.1, 0.15) is 28.8 Å². The van der Waals surface area contributed by atoms with Gasteiger partial charge in [0.1, 0.15) is 0 Å². The molecule has 0 aromatic heterocycles. The van der Waals surface area contributed by atoms with E-state index in [1.165, 1.54) is 0 Å². The topological polar surface area (TPSA) is 57.2 Å². The van der Waals surface area contributed by atoms with Gasteiger partial charge < -0.3 is 18.9 Å². The van der Waals surface area contributed by atoms with Gasteiger partial charge in [-0.3, -0.25) is 9.69 Å². The molecule has 0 aliphatic carbocycles. The number of benzene rings is 3. The molecule has 156 valence electrons. The van der Waals surface area contributed by atoms with Crippen molar-refractivity contribution in [3.63, 3.8) is 0 Å². The first kappa shape index (κ1) is 19.0. The van der Waals surface area contributed by atoms with Gasteiger partial charge in [-0.1, -0.05) is 0 Å². The molecule has 2 aliphatic rings. The van der Waals surface area contributed by atoms with Crippen molar-refractivity contribution in [3.8, 4) is 23.0 Å². The lowest BCUT2D eigenvalue weighted by atomic mass is 9.84. The van der Waals surface area contributed by atoms with E-state index in [1.54, 1.807) is 28.4 Å². The third-order valence-corrected chi connectivity index (χ3v) is 6.51. The Labute approximate surface area is 175 Å². The molecule has 2 aliphatic heterocycles. The summed E-state index contributed by atoms with van der Waals surface area (Å²) in [6.07, 6.45) is 1.96. The van der Waals surface area contributed by atoms with Crippen LogP contribution in [-0.2, 0) is 6.54 Å². The van der Waals surface area contributed by atoms with E-state index in [2.05, 4.69) is 4.90 Å². The number of ketones is 1. The van der Waals surface area contributed by atoms with E-state index in [1.807, 2.05) is 24.3 Å². The van der Waals surface area contributed by atoms with Crippen molar-refractivity contribution in [2.24, 2.45) is 0 Å². The van der Waals surface area contributed by atoms with Crippen LogP contribution in [0.25, 0.3) is 21.5 Å². The summed E-state index contributed by atoms with van der Waals surface area (Å²) < 4.78 is 22.3. The third kappa shape index (κ3) is 2.56. The van der Waals surface area contributed by atoms with Crippen LogP contribution in [0.2, 0.25) is 0 Å². The summed E-state index contributed by atoms with van der Waals surface area (Å²) in [5, 5.41) is 3.87. The Morgan fingerprint density at radius 3 is 1.83 bits per heavy atom. The van der Waals surface area contributed by atoms with Gasteiger partial charge >= 0.3 is 0 Å². The summed E-state index contributed by atoms with van der Waals surface area (Å²) in [5.74, 6) is 2.76. The molecule has 6 nitrogen and oxygen atoms in total. The van der Waals surface area contributed by atoms with E-state index >= 15 is 0 Å². The number of hydrogen-bond acceptors (Lipinski definition) is 6. The van der Waals surface area contributed by atoms with Gasteiger partial charge in [0.05, 0.1) is 34.5 Å². The number of ether oxygens (including phenoxy) is 4. The van der Waals surface area contributed by atoms with Gasteiger partial charge in [-0.05, 0) is 70.8 Å². The minimum absolute atomic E-state index is 0.0357. The second-order valence-electron chi connectivity index (χ2n) is 7.85. The maximum Gasteiger partial charge on any atom is 0.180 e. The van der Waals surface area contributed by atoms with Crippen molar-refractivity contribution >= 4 is 27.3 Å². The minimum atomic E-state index is -0.0357. The van der Waals surface area contributed by atoms with E-state index < -0.39 is 0 Å². The first-order valence-electron chi connectivity index (χ1n) is 10.2. The molecule has 1 atom stereocenters. The molecule has 3 aromatic rings. The van der Waals surface area contributed by atoms with Crippen LogP contribution in [-0.4, -0.2) is 51.7 Å². The molecule has 0 bridgehead atoms. The van der Waals surface area contributed by atoms with Crippen molar-refractivity contribution in [1.29, 1.82) is 0 Å². The number of carbonyl (C=O) groups is 1. The molecular weight excluding hydrogens is 382 g/mol. The lowest BCUT2D eigenvalue weighted by molar-refractivity contribution is 0.0837. The molecule has 0 spiro atoms. The molecule has 5 rings (SSSR count). The van der Waals surface area contributed by atoms with Gasteiger partial charge in [0.2, 0.25) is 0 Å². The van der Waals surface area contributed by atoms with Crippen LogP contribution in [0.15, 0.2) is 24.3 Å². The summed E-state index contributed by atoms with van der Waals surface area (Å²) in [7, 11) is 6.50. The number of fused-ring (bicyclic) bond motifs is 7. The van der Waals surface area contributed by atoms with E-state index in [0.717, 1.165) is 58.6 Å². The number of Topliss-reactive ketones (excluding diaryl/α,β-unsaturated/α-hetero) is 1. The zero-order chi connectivity index (χ0) is 21.0. The van der Waals surface area contributed by atoms with Gasteiger partial charge in [-0.25, -0.2) is 0 Å². The number of hydrogen-bond donors (Lipinski definition) is 0. The lowest BCUT2D eigenvalue weighted by Crippen LogP contribution is -2.40. The summed E-state index contributed by atoms with van der Waals surface area (Å²) in [6, 6.07) is 7.84. The van der Waals surface area contributed by atoms with Gasteiger partial charge in [0.15, 0.2) is 28.8 Å².